The molecule has 1 aliphatic carbocycles. The summed E-state index contributed by atoms with van der Waals surface area (Å²) in [6, 6.07) is 5.61. The van der Waals surface area contributed by atoms with Gasteiger partial charge in [-0.15, -0.1) is 0 Å². The Morgan fingerprint density at radius 3 is 2.38 bits per heavy atom. The van der Waals surface area contributed by atoms with E-state index in [1.807, 2.05) is 0 Å². The molecule has 0 aromatic heterocycles. The number of aliphatic carboxylic acids is 1. The summed E-state index contributed by atoms with van der Waals surface area (Å²) in [6.45, 7) is 0. The number of para-hydroxylation sites is 1. The summed E-state index contributed by atoms with van der Waals surface area (Å²) in [6.07, 6.45) is 1.44. The van der Waals surface area contributed by atoms with Gasteiger partial charge < -0.3 is 9.84 Å². The lowest BCUT2D eigenvalue weighted by atomic mass is 9.87. The van der Waals surface area contributed by atoms with E-state index in [0.717, 1.165) is 0 Å². The van der Waals surface area contributed by atoms with Crippen LogP contribution < -0.4 is 0 Å². The largest absolute Gasteiger partial charge is 0.481 e. The van der Waals surface area contributed by atoms with Crippen LogP contribution in [0.1, 0.15) is 36.0 Å². The minimum Gasteiger partial charge on any atom is -0.481 e. The molecule has 2 rings (SSSR count). The van der Waals surface area contributed by atoms with E-state index in [4.69, 9.17) is 9.84 Å². The summed E-state index contributed by atoms with van der Waals surface area (Å²) < 4.78 is 5.26. The van der Waals surface area contributed by atoms with Crippen molar-refractivity contribution in [1.29, 1.82) is 0 Å². The molecule has 1 fully saturated rings. The van der Waals surface area contributed by atoms with Gasteiger partial charge >= 0.3 is 11.9 Å². The maximum Gasteiger partial charge on any atom is 0.345 e. The van der Waals surface area contributed by atoms with Crippen molar-refractivity contribution in [3.8, 4) is 0 Å². The number of benzene rings is 1. The van der Waals surface area contributed by atoms with Crippen molar-refractivity contribution in [1.82, 2.24) is 0 Å². The molecule has 1 saturated carbocycles. The van der Waals surface area contributed by atoms with E-state index in [9.17, 15) is 19.7 Å². The van der Waals surface area contributed by atoms with Gasteiger partial charge in [-0.2, -0.15) is 0 Å². The maximum absolute atomic E-state index is 12.0. The standard InChI is InChI=1S/C14H15NO6/c16-13(17)9-5-7-10(8-6-9)21-14(18)11-3-1-2-4-12(11)15(19)20/h1-4,9-10H,5-8H2,(H,16,17). The van der Waals surface area contributed by atoms with E-state index < -0.39 is 22.8 Å². The SMILES string of the molecule is O=C(OC1CCC(C(=O)O)CC1)c1ccccc1[N+](=O)[O-]. The number of hydrogen-bond acceptors (Lipinski definition) is 5. The molecule has 0 bridgehead atoms. The van der Waals surface area contributed by atoms with Crippen molar-refractivity contribution in [2.75, 3.05) is 0 Å². The molecule has 112 valence electrons. The van der Waals surface area contributed by atoms with Gasteiger partial charge in [0.1, 0.15) is 11.7 Å². The van der Waals surface area contributed by atoms with Gasteiger partial charge in [0, 0.05) is 6.07 Å². The first-order chi connectivity index (χ1) is 9.99. The third kappa shape index (κ3) is 3.56. The average molecular weight is 293 g/mol. The van der Waals surface area contributed by atoms with Crippen LogP contribution in [0, 0.1) is 16.0 Å². The van der Waals surface area contributed by atoms with Crippen molar-refractivity contribution in [2.24, 2.45) is 5.92 Å². The molecule has 0 spiro atoms. The zero-order valence-corrected chi connectivity index (χ0v) is 11.2. The van der Waals surface area contributed by atoms with Gasteiger partial charge in [0.25, 0.3) is 5.69 Å². The van der Waals surface area contributed by atoms with E-state index in [-0.39, 0.29) is 17.4 Å². The van der Waals surface area contributed by atoms with E-state index in [1.54, 1.807) is 0 Å². The number of rotatable bonds is 4. The highest BCUT2D eigenvalue weighted by Crippen LogP contribution is 2.28. The first kappa shape index (κ1) is 15.0. The summed E-state index contributed by atoms with van der Waals surface area (Å²) in [7, 11) is 0. The molecule has 1 aliphatic rings. The Morgan fingerprint density at radius 2 is 1.81 bits per heavy atom. The summed E-state index contributed by atoms with van der Waals surface area (Å²) in [5.41, 5.74) is -0.371. The van der Waals surface area contributed by atoms with Crippen LogP contribution in [0.2, 0.25) is 0 Å². The number of carboxylic acids is 1. The number of hydrogen-bond donors (Lipinski definition) is 1. The second-order valence-corrected chi connectivity index (χ2v) is 4.99. The lowest BCUT2D eigenvalue weighted by molar-refractivity contribution is -0.385. The highest BCUT2D eigenvalue weighted by Gasteiger charge is 2.29. The molecule has 0 aliphatic heterocycles. The quantitative estimate of drug-likeness (QED) is 0.519. The van der Waals surface area contributed by atoms with Gasteiger partial charge in [-0.3, -0.25) is 14.9 Å². The van der Waals surface area contributed by atoms with E-state index in [0.29, 0.717) is 25.7 Å². The van der Waals surface area contributed by atoms with Crippen molar-refractivity contribution in [2.45, 2.75) is 31.8 Å². The summed E-state index contributed by atoms with van der Waals surface area (Å²) in [4.78, 5) is 33.1. The number of carboxylic acid groups (broad SMARTS) is 1. The molecule has 21 heavy (non-hydrogen) atoms. The van der Waals surface area contributed by atoms with E-state index >= 15 is 0 Å². The molecule has 0 amide bonds. The van der Waals surface area contributed by atoms with Gasteiger partial charge in [0.05, 0.1) is 10.8 Å². The van der Waals surface area contributed by atoms with Crippen LogP contribution in [0.25, 0.3) is 0 Å². The minimum absolute atomic E-state index is 0.0807. The van der Waals surface area contributed by atoms with Crippen LogP contribution in [-0.2, 0) is 9.53 Å². The van der Waals surface area contributed by atoms with Crippen molar-refractivity contribution in [3.05, 3.63) is 39.9 Å². The zero-order valence-electron chi connectivity index (χ0n) is 11.2. The van der Waals surface area contributed by atoms with Crippen molar-refractivity contribution in [3.63, 3.8) is 0 Å². The number of nitrogens with zero attached hydrogens (tertiary/aromatic N) is 1. The van der Waals surface area contributed by atoms with Crippen LogP contribution >= 0.6 is 0 Å². The summed E-state index contributed by atoms with van der Waals surface area (Å²) in [5, 5.41) is 19.8. The van der Waals surface area contributed by atoms with Crippen LogP contribution in [0.5, 0.6) is 0 Å². The fraction of sp³-hybridized carbons (Fsp3) is 0.429. The van der Waals surface area contributed by atoms with Gasteiger partial charge in [0.2, 0.25) is 0 Å². The molecule has 0 heterocycles. The first-order valence-electron chi connectivity index (χ1n) is 6.66. The third-order valence-electron chi connectivity index (χ3n) is 3.62. The van der Waals surface area contributed by atoms with Crippen LogP contribution in [-0.4, -0.2) is 28.1 Å². The Morgan fingerprint density at radius 1 is 1.19 bits per heavy atom. The monoisotopic (exact) mass is 293 g/mol. The molecule has 1 N–H and O–H groups in total. The number of nitro benzene ring substituents is 1. The van der Waals surface area contributed by atoms with Gasteiger partial charge in [-0.25, -0.2) is 4.79 Å². The number of nitro groups is 1. The molecule has 0 unspecified atom stereocenters. The summed E-state index contributed by atoms with van der Waals surface area (Å²) >= 11 is 0. The normalized spacial score (nSPS) is 21.5. The third-order valence-corrected chi connectivity index (χ3v) is 3.62. The Bertz CT molecular complexity index is 562. The fourth-order valence-electron chi connectivity index (χ4n) is 2.45. The molecule has 0 saturated heterocycles. The molecule has 0 atom stereocenters. The fourth-order valence-corrected chi connectivity index (χ4v) is 2.45. The molecule has 1 aromatic rings. The molecule has 7 heteroatoms. The molecule has 0 radical (unpaired) electrons. The maximum atomic E-state index is 12.0. The van der Waals surface area contributed by atoms with Crippen molar-refractivity contribution >= 4 is 17.6 Å². The van der Waals surface area contributed by atoms with Gasteiger partial charge in [-0.05, 0) is 31.7 Å². The number of esters is 1. The second kappa shape index (κ2) is 6.34. The molecule has 1 aromatic carbocycles. The summed E-state index contributed by atoms with van der Waals surface area (Å²) in [5.74, 6) is -1.97. The highest BCUT2D eigenvalue weighted by molar-refractivity contribution is 5.93. The predicted octanol–water partition coefficient (Wildman–Crippen LogP) is 2.40. The number of carbonyl (C=O) groups excluding carboxylic acids is 1. The highest BCUT2D eigenvalue weighted by atomic mass is 16.6. The van der Waals surface area contributed by atoms with Crippen LogP contribution in [0.4, 0.5) is 5.69 Å². The Labute approximate surface area is 120 Å². The zero-order chi connectivity index (χ0) is 15.4. The molecule has 7 nitrogen and oxygen atoms in total. The van der Waals surface area contributed by atoms with Gasteiger partial charge in [-0.1, -0.05) is 12.1 Å². The number of carbonyl (C=O) groups is 2. The van der Waals surface area contributed by atoms with Gasteiger partial charge in [0.15, 0.2) is 0 Å². The van der Waals surface area contributed by atoms with E-state index in [2.05, 4.69) is 0 Å². The second-order valence-electron chi connectivity index (χ2n) is 4.99. The smallest absolute Gasteiger partial charge is 0.345 e. The van der Waals surface area contributed by atoms with Crippen LogP contribution in [0.15, 0.2) is 24.3 Å². The Balaban J connectivity index is 2.00. The van der Waals surface area contributed by atoms with Crippen LogP contribution in [0.3, 0.4) is 0 Å². The molecular weight excluding hydrogens is 278 g/mol. The topological polar surface area (TPSA) is 107 Å². The Hall–Kier alpha value is -2.44. The predicted molar refractivity (Wildman–Crippen MR) is 71.9 cm³/mol. The number of ether oxygens (including phenoxy) is 1. The minimum atomic E-state index is -0.835. The first-order valence-corrected chi connectivity index (χ1v) is 6.66. The van der Waals surface area contributed by atoms with Crippen molar-refractivity contribution < 1.29 is 24.4 Å². The lowest BCUT2D eigenvalue weighted by Gasteiger charge is -2.25. The molecular formula is C14H15NO6. The Kier molecular flexibility index (Phi) is 4.52. The lowest BCUT2D eigenvalue weighted by Crippen LogP contribution is -2.28. The van der Waals surface area contributed by atoms with E-state index in [1.165, 1.54) is 24.3 Å². The average Bonchev–Trinajstić information content (AvgIpc) is 2.47.